The number of aryl methyl sites for hydroxylation is 1. The molecule has 0 aliphatic carbocycles. The third-order valence-corrected chi connectivity index (χ3v) is 2.47. The molecule has 0 radical (unpaired) electrons. The topological polar surface area (TPSA) is 30.9 Å². The Labute approximate surface area is 87.9 Å². The molecule has 0 bridgehead atoms. The lowest BCUT2D eigenvalue weighted by molar-refractivity contribution is 0.942. The summed E-state index contributed by atoms with van der Waals surface area (Å²) in [5.74, 6) is 0.759. The first kappa shape index (κ1) is 9.16. The minimum absolute atomic E-state index is 0.748. The molecule has 72 valence electrons. The maximum atomic E-state index is 5.81. The normalized spacial score (nSPS) is 10.4. The third-order valence-electron chi connectivity index (χ3n) is 2.22. The van der Waals surface area contributed by atoms with E-state index in [1.807, 2.05) is 48.1 Å². The van der Waals surface area contributed by atoms with Gasteiger partial charge in [-0.2, -0.15) is 0 Å². The van der Waals surface area contributed by atoms with Gasteiger partial charge in [-0.15, -0.1) is 0 Å². The minimum atomic E-state index is 0.748. The van der Waals surface area contributed by atoms with Crippen molar-refractivity contribution in [3.8, 4) is 11.1 Å². The molecule has 0 amide bonds. The van der Waals surface area contributed by atoms with E-state index in [2.05, 4.69) is 0 Å². The van der Waals surface area contributed by atoms with Gasteiger partial charge in [-0.05, 0) is 23.8 Å². The molecule has 1 aromatic carbocycles. The van der Waals surface area contributed by atoms with Crippen molar-refractivity contribution in [3.05, 3.63) is 41.6 Å². The van der Waals surface area contributed by atoms with Gasteiger partial charge in [0.2, 0.25) is 0 Å². The molecule has 0 fully saturated rings. The van der Waals surface area contributed by atoms with Gasteiger partial charge in [-0.1, -0.05) is 23.7 Å². The van der Waals surface area contributed by atoms with E-state index in [0.717, 1.165) is 22.0 Å². The first-order chi connectivity index (χ1) is 6.66. The molecule has 14 heavy (non-hydrogen) atoms. The third kappa shape index (κ3) is 1.61. The zero-order valence-electron chi connectivity index (χ0n) is 7.87. The Morgan fingerprint density at radius 1 is 1.14 bits per heavy atom. The molecule has 2 N–H and O–H groups in total. The number of nitrogen functional groups attached to an aromatic ring is 1. The van der Waals surface area contributed by atoms with Gasteiger partial charge in [0.05, 0.1) is 0 Å². The second-order valence-electron chi connectivity index (χ2n) is 3.27. The van der Waals surface area contributed by atoms with Crippen molar-refractivity contribution in [3.63, 3.8) is 0 Å². The van der Waals surface area contributed by atoms with E-state index < -0.39 is 0 Å². The number of hydrogen-bond acceptors (Lipinski definition) is 1. The summed E-state index contributed by atoms with van der Waals surface area (Å²) in [6, 6.07) is 9.66. The van der Waals surface area contributed by atoms with Crippen molar-refractivity contribution < 1.29 is 0 Å². The SMILES string of the molecule is Cn1cc(-c2ccc(Cl)cc2)cc1N. The van der Waals surface area contributed by atoms with E-state index in [9.17, 15) is 0 Å². The summed E-state index contributed by atoms with van der Waals surface area (Å²) in [7, 11) is 1.93. The van der Waals surface area contributed by atoms with Crippen LogP contribution >= 0.6 is 11.6 Å². The number of nitrogens with two attached hydrogens (primary N) is 1. The highest BCUT2D eigenvalue weighted by atomic mass is 35.5. The molecule has 0 atom stereocenters. The van der Waals surface area contributed by atoms with E-state index in [-0.39, 0.29) is 0 Å². The lowest BCUT2D eigenvalue weighted by Gasteiger charge is -1.96. The molecule has 2 nitrogen and oxygen atoms in total. The van der Waals surface area contributed by atoms with Gasteiger partial charge in [0.15, 0.2) is 0 Å². The zero-order chi connectivity index (χ0) is 10.1. The molecule has 0 spiro atoms. The van der Waals surface area contributed by atoms with Gasteiger partial charge in [-0.3, -0.25) is 0 Å². The van der Waals surface area contributed by atoms with Crippen molar-refractivity contribution in [2.75, 3.05) is 5.73 Å². The molecule has 2 aromatic rings. The molecule has 2 rings (SSSR count). The Hall–Kier alpha value is -1.41. The van der Waals surface area contributed by atoms with Crippen molar-refractivity contribution in [1.82, 2.24) is 4.57 Å². The van der Waals surface area contributed by atoms with Gasteiger partial charge in [0, 0.05) is 23.8 Å². The lowest BCUT2D eigenvalue weighted by Crippen LogP contribution is -1.92. The fourth-order valence-electron chi connectivity index (χ4n) is 1.38. The Balaban J connectivity index is 2.44. The Morgan fingerprint density at radius 2 is 1.79 bits per heavy atom. The Bertz CT molecular complexity index is 423. The van der Waals surface area contributed by atoms with Crippen LogP contribution in [0.5, 0.6) is 0 Å². The standard InChI is InChI=1S/C11H11ClN2/c1-14-7-9(6-11(14)13)8-2-4-10(12)5-3-8/h2-7H,13H2,1H3. The summed E-state index contributed by atoms with van der Waals surface area (Å²) in [5, 5.41) is 0.748. The molecular weight excluding hydrogens is 196 g/mol. The number of rotatable bonds is 1. The molecule has 1 aromatic heterocycles. The van der Waals surface area contributed by atoms with Crippen LogP contribution in [0.3, 0.4) is 0 Å². The van der Waals surface area contributed by atoms with Crippen LogP contribution in [0.25, 0.3) is 11.1 Å². The molecule has 0 saturated carbocycles. The average Bonchev–Trinajstić information content (AvgIpc) is 2.48. The van der Waals surface area contributed by atoms with Crippen LogP contribution in [-0.2, 0) is 7.05 Å². The van der Waals surface area contributed by atoms with Crippen LogP contribution in [0.1, 0.15) is 0 Å². The minimum Gasteiger partial charge on any atom is -0.385 e. The molecular formula is C11H11ClN2. The van der Waals surface area contributed by atoms with Crippen LogP contribution in [0, 0.1) is 0 Å². The molecule has 0 unspecified atom stereocenters. The summed E-state index contributed by atoms with van der Waals surface area (Å²) < 4.78 is 1.89. The van der Waals surface area contributed by atoms with Gasteiger partial charge in [-0.25, -0.2) is 0 Å². The number of anilines is 1. The number of aromatic nitrogens is 1. The smallest absolute Gasteiger partial charge is 0.103 e. The Kier molecular flexibility index (Phi) is 2.22. The number of nitrogens with zero attached hydrogens (tertiary/aromatic N) is 1. The summed E-state index contributed by atoms with van der Waals surface area (Å²) in [6.45, 7) is 0. The van der Waals surface area contributed by atoms with Gasteiger partial charge >= 0.3 is 0 Å². The summed E-state index contributed by atoms with van der Waals surface area (Å²) in [5.41, 5.74) is 7.98. The highest BCUT2D eigenvalue weighted by Crippen LogP contribution is 2.24. The second-order valence-corrected chi connectivity index (χ2v) is 3.71. The van der Waals surface area contributed by atoms with E-state index >= 15 is 0 Å². The quantitative estimate of drug-likeness (QED) is 0.764. The molecule has 0 aliphatic heterocycles. The number of halogens is 1. The van der Waals surface area contributed by atoms with Crippen LogP contribution in [0.2, 0.25) is 5.02 Å². The van der Waals surface area contributed by atoms with Gasteiger partial charge < -0.3 is 10.3 Å². The predicted octanol–water partition coefficient (Wildman–Crippen LogP) is 2.93. The van der Waals surface area contributed by atoms with E-state index in [1.165, 1.54) is 0 Å². The summed E-state index contributed by atoms with van der Waals surface area (Å²) in [6.07, 6.45) is 2.00. The van der Waals surface area contributed by atoms with Crippen molar-refractivity contribution in [2.24, 2.45) is 7.05 Å². The van der Waals surface area contributed by atoms with E-state index in [4.69, 9.17) is 17.3 Å². The Morgan fingerprint density at radius 3 is 2.29 bits per heavy atom. The first-order valence-corrected chi connectivity index (χ1v) is 4.72. The van der Waals surface area contributed by atoms with E-state index in [0.29, 0.717) is 0 Å². The summed E-state index contributed by atoms with van der Waals surface area (Å²) >= 11 is 5.81. The number of hydrogen-bond donors (Lipinski definition) is 1. The average molecular weight is 207 g/mol. The molecule has 3 heteroatoms. The van der Waals surface area contributed by atoms with Crippen LogP contribution < -0.4 is 5.73 Å². The highest BCUT2D eigenvalue weighted by Gasteiger charge is 2.01. The molecule has 0 aliphatic rings. The zero-order valence-corrected chi connectivity index (χ0v) is 8.62. The van der Waals surface area contributed by atoms with Crippen molar-refractivity contribution in [1.29, 1.82) is 0 Å². The van der Waals surface area contributed by atoms with E-state index in [1.54, 1.807) is 0 Å². The first-order valence-electron chi connectivity index (χ1n) is 4.34. The maximum Gasteiger partial charge on any atom is 0.103 e. The second kappa shape index (κ2) is 3.39. The largest absolute Gasteiger partial charge is 0.385 e. The molecule has 1 heterocycles. The monoisotopic (exact) mass is 206 g/mol. The molecule has 0 saturated heterocycles. The maximum absolute atomic E-state index is 5.81. The van der Waals surface area contributed by atoms with Gasteiger partial charge in [0.1, 0.15) is 5.82 Å². The van der Waals surface area contributed by atoms with Crippen molar-refractivity contribution >= 4 is 17.4 Å². The fourth-order valence-corrected chi connectivity index (χ4v) is 1.51. The fraction of sp³-hybridized carbons (Fsp3) is 0.0909. The lowest BCUT2D eigenvalue weighted by atomic mass is 10.1. The van der Waals surface area contributed by atoms with Gasteiger partial charge in [0.25, 0.3) is 0 Å². The summed E-state index contributed by atoms with van der Waals surface area (Å²) in [4.78, 5) is 0. The highest BCUT2D eigenvalue weighted by molar-refractivity contribution is 6.30. The van der Waals surface area contributed by atoms with Crippen LogP contribution in [-0.4, -0.2) is 4.57 Å². The van der Waals surface area contributed by atoms with Crippen molar-refractivity contribution in [2.45, 2.75) is 0 Å². The van der Waals surface area contributed by atoms with Crippen LogP contribution in [0.15, 0.2) is 36.5 Å². The predicted molar refractivity (Wildman–Crippen MR) is 60.3 cm³/mol. The van der Waals surface area contributed by atoms with Crippen LogP contribution in [0.4, 0.5) is 5.82 Å². The number of benzene rings is 1.